The van der Waals surface area contributed by atoms with E-state index in [9.17, 15) is 4.79 Å². The summed E-state index contributed by atoms with van der Waals surface area (Å²) in [6, 6.07) is 2.15. The number of nitrogens with zero attached hydrogens (tertiary/aromatic N) is 3. The third-order valence-corrected chi connectivity index (χ3v) is 6.23. The number of hydrogen-bond donors (Lipinski definition) is 1. The summed E-state index contributed by atoms with van der Waals surface area (Å²) in [5.74, 6) is 1.19. The number of nitrogens with one attached hydrogen (secondary N) is 1. The topological polar surface area (TPSA) is 67.4 Å². The zero-order valence-corrected chi connectivity index (χ0v) is 16.3. The van der Waals surface area contributed by atoms with Gasteiger partial charge in [-0.05, 0) is 19.4 Å². The second kappa shape index (κ2) is 8.93. The average Bonchev–Trinajstić information content (AvgIpc) is 3.03. The zero-order chi connectivity index (χ0) is 17.6. The molecule has 1 aliphatic heterocycles. The predicted octanol–water partition coefficient (Wildman–Crippen LogP) is 2.10. The zero-order valence-electron chi connectivity index (χ0n) is 14.7. The van der Waals surface area contributed by atoms with Gasteiger partial charge in [0.1, 0.15) is 15.7 Å². The van der Waals surface area contributed by atoms with Gasteiger partial charge in [-0.1, -0.05) is 18.7 Å². The Kier molecular flexibility index (Phi) is 6.63. The van der Waals surface area contributed by atoms with Crippen LogP contribution in [-0.2, 0) is 16.0 Å². The summed E-state index contributed by atoms with van der Waals surface area (Å²) in [4.78, 5) is 25.8. The maximum Gasteiger partial charge on any atom is 0.230 e. The second-order valence-corrected chi connectivity index (χ2v) is 8.03. The molecule has 0 saturated carbocycles. The number of aryl methyl sites for hydroxylation is 2. The molecule has 2 aromatic heterocycles. The van der Waals surface area contributed by atoms with Crippen LogP contribution in [0.25, 0.3) is 10.2 Å². The van der Waals surface area contributed by atoms with Crippen molar-refractivity contribution in [2.75, 3.05) is 45.1 Å². The van der Waals surface area contributed by atoms with Gasteiger partial charge in [-0.2, -0.15) is 0 Å². The molecular weight excluding hydrogens is 356 g/mol. The summed E-state index contributed by atoms with van der Waals surface area (Å²) in [7, 11) is 0. The molecule has 0 unspecified atom stereocenters. The van der Waals surface area contributed by atoms with E-state index in [0.29, 0.717) is 12.3 Å². The van der Waals surface area contributed by atoms with E-state index in [2.05, 4.69) is 33.2 Å². The van der Waals surface area contributed by atoms with Crippen LogP contribution in [0.3, 0.4) is 0 Å². The molecule has 2 aromatic rings. The first-order valence-corrected chi connectivity index (χ1v) is 10.4. The minimum atomic E-state index is 0.0496. The van der Waals surface area contributed by atoms with Gasteiger partial charge >= 0.3 is 0 Å². The van der Waals surface area contributed by atoms with Crippen LogP contribution in [0.1, 0.15) is 17.6 Å². The Bertz CT molecular complexity index is 729. The number of carbonyl (C=O) groups excluding carboxylic acids is 1. The summed E-state index contributed by atoms with van der Waals surface area (Å²) in [5.41, 5.74) is 0. The molecule has 8 heteroatoms. The van der Waals surface area contributed by atoms with Crippen molar-refractivity contribution in [2.45, 2.75) is 25.3 Å². The number of rotatable bonds is 7. The van der Waals surface area contributed by atoms with E-state index < -0.39 is 0 Å². The molecule has 3 heterocycles. The van der Waals surface area contributed by atoms with E-state index in [0.717, 1.165) is 60.3 Å². The van der Waals surface area contributed by atoms with E-state index >= 15 is 0 Å². The molecule has 25 heavy (non-hydrogen) atoms. The van der Waals surface area contributed by atoms with Crippen molar-refractivity contribution in [1.82, 2.24) is 20.2 Å². The van der Waals surface area contributed by atoms with Crippen molar-refractivity contribution in [3.63, 3.8) is 0 Å². The number of hydrogen-bond acceptors (Lipinski definition) is 7. The van der Waals surface area contributed by atoms with Gasteiger partial charge in [-0.25, -0.2) is 9.97 Å². The molecule has 0 aromatic carbocycles. The second-order valence-electron chi connectivity index (χ2n) is 5.95. The van der Waals surface area contributed by atoms with Gasteiger partial charge in [0.2, 0.25) is 5.91 Å². The lowest BCUT2D eigenvalue weighted by molar-refractivity contribution is -0.118. The van der Waals surface area contributed by atoms with E-state index in [1.807, 2.05) is 6.92 Å². The Balaban J connectivity index is 1.51. The van der Waals surface area contributed by atoms with Gasteiger partial charge in [0.05, 0.1) is 19.0 Å². The van der Waals surface area contributed by atoms with Crippen molar-refractivity contribution in [1.29, 1.82) is 0 Å². The first-order valence-electron chi connectivity index (χ1n) is 8.62. The summed E-state index contributed by atoms with van der Waals surface area (Å²) in [6.07, 6.45) is 0.992. The third-order valence-electron chi connectivity index (χ3n) is 4.06. The predicted molar refractivity (Wildman–Crippen MR) is 103 cm³/mol. The van der Waals surface area contributed by atoms with E-state index in [1.54, 1.807) is 11.3 Å². The highest BCUT2D eigenvalue weighted by atomic mass is 32.2. The maximum absolute atomic E-state index is 12.1. The van der Waals surface area contributed by atoms with Gasteiger partial charge in [0, 0.05) is 36.4 Å². The van der Waals surface area contributed by atoms with Gasteiger partial charge in [0.25, 0.3) is 0 Å². The van der Waals surface area contributed by atoms with Crippen molar-refractivity contribution >= 4 is 39.2 Å². The highest BCUT2D eigenvalue weighted by Gasteiger charge is 2.13. The molecular formula is C17H24N4O2S2. The molecule has 1 fully saturated rings. The Morgan fingerprint density at radius 2 is 2.20 bits per heavy atom. The number of aromatic nitrogens is 2. The smallest absolute Gasteiger partial charge is 0.230 e. The molecule has 1 aliphatic rings. The van der Waals surface area contributed by atoms with E-state index in [4.69, 9.17) is 4.74 Å². The Morgan fingerprint density at radius 3 is 2.96 bits per heavy atom. The fourth-order valence-corrected chi connectivity index (χ4v) is 4.65. The molecule has 0 spiro atoms. The molecule has 0 bridgehead atoms. The van der Waals surface area contributed by atoms with Gasteiger partial charge in [-0.15, -0.1) is 11.3 Å². The lowest BCUT2D eigenvalue weighted by Gasteiger charge is -2.26. The standard InChI is InChI=1S/C17H24N4O2S2/c1-3-13-10-14-16(19-12(2)20-17(14)25-13)24-11-15(22)18-4-5-21-6-8-23-9-7-21/h10H,3-9,11H2,1-2H3,(H,18,22). The number of carbonyl (C=O) groups is 1. The van der Waals surface area contributed by atoms with Crippen LogP contribution < -0.4 is 5.32 Å². The average molecular weight is 381 g/mol. The van der Waals surface area contributed by atoms with E-state index in [1.165, 1.54) is 16.6 Å². The van der Waals surface area contributed by atoms with Crippen LogP contribution in [-0.4, -0.2) is 65.9 Å². The molecule has 6 nitrogen and oxygen atoms in total. The number of ether oxygens (including phenoxy) is 1. The fourth-order valence-electron chi connectivity index (χ4n) is 2.69. The molecule has 136 valence electrons. The summed E-state index contributed by atoms with van der Waals surface area (Å²) in [5, 5.41) is 4.97. The van der Waals surface area contributed by atoms with Crippen LogP contribution in [0.2, 0.25) is 0 Å². The normalized spacial score (nSPS) is 15.6. The first-order chi connectivity index (χ1) is 12.2. The number of thiophene rings is 1. The van der Waals surface area contributed by atoms with Crippen molar-refractivity contribution < 1.29 is 9.53 Å². The quantitative estimate of drug-likeness (QED) is 0.586. The van der Waals surface area contributed by atoms with Crippen molar-refractivity contribution in [2.24, 2.45) is 0 Å². The Hall–Kier alpha value is -1.22. The number of morpholine rings is 1. The highest BCUT2D eigenvalue weighted by Crippen LogP contribution is 2.31. The van der Waals surface area contributed by atoms with Gasteiger partial charge in [0.15, 0.2) is 0 Å². The first kappa shape index (κ1) is 18.6. The third kappa shape index (κ3) is 5.13. The number of amides is 1. The van der Waals surface area contributed by atoms with Crippen molar-refractivity contribution in [3.8, 4) is 0 Å². The van der Waals surface area contributed by atoms with Crippen LogP contribution in [0.5, 0.6) is 0 Å². The van der Waals surface area contributed by atoms with Crippen LogP contribution in [0, 0.1) is 6.92 Å². The number of thioether (sulfide) groups is 1. The Labute approximate surface area is 156 Å². The van der Waals surface area contributed by atoms with Gasteiger partial charge in [-0.3, -0.25) is 9.69 Å². The fraction of sp³-hybridized carbons (Fsp3) is 0.588. The van der Waals surface area contributed by atoms with Crippen LogP contribution >= 0.6 is 23.1 Å². The number of fused-ring (bicyclic) bond motifs is 1. The molecule has 0 atom stereocenters. The lowest BCUT2D eigenvalue weighted by Crippen LogP contribution is -2.41. The molecule has 1 N–H and O–H groups in total. The lowest BCUT2D eigenvalue weighted by atomic mass is 10.3. The molecule has 1 saturated heterocycles. The molecule has 1 amide bonds. The summed E-state index contributed by atoms with van der Waals surface area (Å²) < 4.78 is 5.33. The summed E-state index contributed by atoms with van der Waals surface area (Å²) >= 11 is 3.20. The highest BCUT2D eigenvalue weighted by molar-refractivity contribution is 8.00. The molecule has 0 radical (unpaired) electrons. The van der Waals surface area contributed by atoms with Crippen LogP contribution in [0.15, 0.2) is 11.1 Å². The molecule has 0 aliphatic carbocycles. The maximum atomic E-state index is 12.1. The van der Waals surface area contributed by atoms with Crippen molar-refractivity contribution in [3.05, 3.63) is 16.8 Å². The SMILES string of the molecule is CCc1cc2c(SCC(=O)NCCN3CCOCC3)nc(C)nc2s1. The van der Waals surface area contributed by atoms with Gasteiger partial charge < -0.3 is 10.1 Å². The molecule has 3 rings (SSSR count). The minimum absolute atomic E-state index is 0.0496. The largest absolute Gasteiger partial charge is 0.379 e. The minimum Gasteiger partial charge on any atom is -0.379 e. The van der Waals surface area contributed by atoms with E-state index in [-0.39, 0.29) is 5.91 Å². The Morgan fingerprint density at radius 1 is 1.40 bits per heavy atom. The summed E-state index contributed by atoms with van der Waals surface area (Å²) in [6.45, 7) is 9.05. The monoisotopic (exact) mass is 380 g/mol. The van der Waals surface area contributed by atoms with Crippen LogP contribution in [0.4, 0.5) is 0 Å².